The molecule has 96 valence electrons. The summed E-state index contributed by atoms with van der Waals surface area (Å²) in [4.78, 5) is 11.6. The predicted octanol–water partition coefficient (Wildman–Crippen LogP) is 3.02. The van der Waals surface area contributed by atoms with Crippen LogP contribution in [0.1, 0.15) is 65.7 Å². The van der Waals surface area contributed by atoms with E-state index >= 15 is 0 Å². The van der Waals surface area contributed by atoms with Gasteiger partial charge in [0.2, 0.25) is 0 Å². The van der Waals surface area contributed by atoms with Gasteiger partial charge in [-0.15, -0.1) is 0 Å². The first-order valence-electron chi connectivity index (χ1n) is 6.50. The van der Waals surface area contributed by atoms with Crippen molar-refractivity contribution in [1.82, 2.24) is 0 Å². The minimum atomic E-state index is -0.807. The Hall–Kier alpha value is -0.570. The van der Waals surface area contributed by atoms with Crippen molar-refractivity contribution in [2.45, 2.75) is 71.3 Å². The lowest BCUT2D eigenvalue weighted by Crippen LogP contribution is -2.46. The summed E-state index contributed by atoms with van der Waals surface area (Å²) in [6.45, 7) is 6.46. The second-order valence-corrected chi connectivity index (χ2v) is 4.72. The van der Waals surface area contributed by atoms with Crippen molar-refractivity contribution in [3.05, 3.63) is 0 Å². The molecule has 0 aromatic heterocycles. The lowest BCUT2D eigenvalue weighted by Gasteiger charge is -2.21. The summed E-state index contributed by atoms with van der Waals surface area (Å²) < 4.78 is 5.18. The number of esters is 1. The molecule has 0 saturated heterocycles. The van der Waals surface area contributed by atoms with Gasteiger partial charge in [-0.25, -0.2) is 0 Å². The van der Waals surface area contributed by atoms with Crippen molar-refractivity contribution >= 4 is 5.97 Å². The second-order valence-electron chi connectivity index (χ2n) is 4.72. The maximum Gasteiger partial charge on any atom is 0.325 e. The zero-order valence-corrected chi connectivity index (χ0v) is 11.1. The van der Waals surface area contributed by atoms with E-state index in [9.17, 15) is 4.79 Å². The number of hydrogen-bond donors (Lipinski definition) is 1. The van der Waals surface area contributed by atoms with Gasteiger partial charge >= 0.3 is 5.97 Å². The number of hydrogen-bond acceptors (Lipinski definition) is 3. The molecule has 0 fully saturated rings. The van der Waals surface area contributed by atoms with E-state index in [0.717, 1.165) is 19.3 Å². The van der Waals surface area contributed by atoms with Gasteiger partial charge in [-0.3, -0.25) is 4.79 Å². The Kier molecular flexibility index (Phi) is 8.26. The molecule has 0 heterocycles. The lowest BCUT2D eigenvalue weighted by molar-refractivity contribution is -0.149. The molecule has 0 rings (SSSR count). The van der Waals surface area contributed by atoms with Crippen LogP contribution in [0.5, 0.6) is 0 Å². The van der Waals surface area contributed by atoms with Gasteiger partial charge < -0.3 is 10.5 Å². The van der Waals surface area contributed by atoms with Crippen molar-refractivity contribution in [3.8, 4) is 0 Å². The van der Waals surface area contributed by atoms with E-state index in [0.29, 0.717) is 13.0 Å². The first-order chi connectivity index (χ1) is 7.54. The average molecular weight is 229 g/mol. The number of nitrogens with two attached hydrogens (primary N) is 1. The predicted molar refractivity (Wildman–Crippen MR) is 67.2 cm³/mol. The summed E-state index contributed by atoms with van der Waals surface area (Å²) in [5.41, 5.74) is 5.05. The summed E-state index contributed by atoms with van der Waals surface area (Å²) >= 11 is 0. The molecule has 0 spiro atoms. The number of unbranched alkanes of at least 4 members (excludes halogenated alkanes) is 4. The molecular formula is C13H27NO2. The number of rotatable bonds is 9. The molecule has 2 N–H and O–H groups in total. The van der Waals surface area contributed by atoms with Crippen LogP contribution in [-0.2, 0) is 9.53 Å². The smallest absolute Gasteiger partial charge is 0.325 e. The van der Waals surface area contributed by atoms with Crippen LogP contribution in [0.3, 0.4) is 0 Å². The Morgan fingerprint density at radius 3 is 2.31 bits per heavy atom. The molecule has 3 heteroatoms. The largest absolute Gasteiger partial charge is 0.464 e. The molecule has 3 nitrogen and oxygen atoms in total. The van der Waals surface area contributed by atoms with Crippen LogP contribution in [0.25, 0.3) is 0 Å². The fraction of sp³-hybridized carbons (Fsp3) is 0.923. The van der Waals surface area contributed by atoms with E-state index in [2.05, 4.69) is 6.92 Å². The molecule has 0 aromatic rings. The summed E-state index contributed by atoms with van der Waals surface area (Å²) in [7, 11) is 0. The maximum absolute atomic E-state index is 11.6. The Labute approximate surface area is 99.7 Å². The maximum atomic E-state index is 11.6. The zero-order valence-electron chi connectivity index (χ0n) is 11.1. The summed E-state index contributed by atoms with van der Waals surface area (Å²) in [5.74, 6) is -0.259. The Morgan fingerprint density at radius 1 is 1.12 bits per heavy atom. The molecule has 1 atom stereocenters. The number of ether oxygens (including phenoxy) is 1. The summed E-state index contributed by atoms with van der Waals surface area (Å²) in [6.07, 6.45) is 7.39. The molecule has 0 saturated carbocycles. The van der Waals surface area contributed by atoms with Crippen LogP contribution < -0.4 is 5.73 Å². The third-order valence-electron chi connectivity index (χ3n) is 2.72. The van der Waals surface area contributed by atoms with Crippen molar-refractivity contribution < 1.29 is 9.53 Å². The van der Waals surface area contributed by atoms with Crippen LogP contribution in [0.15, 0.2) is 0 Å². The molecule has 1 unspecified atom stereocenters. The lowest BCUT2D eigenvalue weighted by atomic mass is 9.98. The van der Waals surface area contributed by atoms with E-state index in [1.54, 1.807) is 6.92 Å². The first kappa shape index (κ1) is 15.4. The highest BCUT2D eigenvalue weighted by atomic mass is 16.5. The Bertz CT molecular complexity index is 190. The topological polar surface area (TPSA) is 52.3 Å². The zero-order chi connectivity index (χ0) is 12.4. The van der Waals surface area contributed by atoms with Gasteiger partial charge in [-0.1, -0.05) is 46.0 Å². The van der Waals surface area contributed by atoms with Crippen LogP contribution in [-0.4, -0.2) is 18.1 Å². The van der Waals surface area contributed by atoms with Gasteiger partial charge in [0.05, 0.1) is 6.61 Å². The van der Waals surface area contributed by atoms with Crippen LogP contribution >= 0.6 is 0 Å². The van der Waals surface area contributed by atoms with Gasteiger partial charge in [0.15, 0.2) is 0 Å². The standard InChI is InChI=1S/C13H27NO2/c1-4-6-7-8-9-11-16-12(15)13(3,14)10-5-2/h4-11,14H2,1-3H3. The molecule has 0 aliphatic rings. The van der Waals surface area contributed by atoms with Crippen molar-refractivity contribution in [1.29, 1.82) is 0 Å². The third-order valence-corrected chi connectivity index (χ3v) is 2.72. The summed E-state index contributed by atoms with van der Waals surface area (Å²) in [5, 5.41) is 0. The molecule has 0 radical (unpaired) electrons. The van der Waals surface area contributed by atoms with E-state index in [1.165, 1.54) is 19.3 Å². The Balaban J connectivity index is 3.57. The average Bonchev–Trinajstić information content (AvgIpc) is 2.22. The first-order valence-corrected chi connectivity index (χ1v) is 6.50. The van der Waals surface area contributed by atoms with E-state index in [4.69, 9.17) is 10.5 Å². The Morgan fingerprint density at radius 2 is 1.75 bits per heavy atom. The summed E-state index contributed by atoms with van der Waals surface area (Å²) in [6, 6.07) is 0. The molecular weight excluding hydrogens is 202 g/mol. The molecule has 0 amide bonds. The highest BCUT2D eigenvalue weighted by Crippen LogP contribution is 2.11. The highest BCUT2D eigenvalue weighted by molar-refractivity contribution is 5.79. The van der Waals surface area contributed by atoms with Gasteiger partial charge in [0.1, 0.15) is 5.54 Å². The molecule has 0 aliphatic heterocycles. The second kappa shape index (κ2) is 8.57. The molecule has 0 aromatic carbocycles. The normalized spacial score (nSPS) is 14.5. The number of carbonyl (C=O) groups is 1. The van der Waals surface area contributed by atoms with E-state index in [1.807, 2.05) is 6.92 Å². The SMILES string of the molecule is CCCCCCCOC(=O)C(C)(N)CCC. The van der Waals surface area contributed by atoms with Crippen molar-refractivity contribution in [2.75, 3.05) is 6.61 Å². The van der Waals surface area contributed by atoms with Crippen molar-refractivity contribution in [3.63, 3.8) is 0 Å². The van der Waals surface area contributed by atoms with Gasteiger partial charge in [0, 0.05) is 0 Å². The van der Waals surface area contributed by atoms with Crippen LogP contribution in [0, 0.1) is 0 Å². The van der Waals surface area contributed by atoms with Gasteiger partial charge in [0.25, 0.3) is 0 Å². The monoisotopic (exact) mass is 229 g/mol. The fourth-order valence-corrected chi connectivity index (χ4v) is 1.66. The minimum Gasteiger partial charge on any atom is -0.464 e. The van der Waals surface area contributed by atoms with E-state index in [-0.39, 0.29) is 5.97 Å². The van der Waals surface area contributed by atoms with Crippen molar-refractivity contribution in [2.24, 2.45) is 5.73 Å². The molecule has 0 bridgehead atoms. The van der Waals surface area contributed by atoms with Crippen LogP contribution in [0.4, 0.5) is 0 Å². The van der Waals surface area contributed by atoms with E-state index < -0.39 is 5.54 Å². The molecule has 16 heavy (non-hydrogen) atoms. The third kappa shape index (κ3) is 6.83. The quantitative estimate of drug-likeness (QED) is 0.488. The highest BCUT2D eigenvalue weighted by Gasteiger charge is 2.28. The minimum absolute atomic E-state index is 0.259. The van der Waals surface area contributed by atoms with Crippen LogP contribution in [0.2, 0.25) is 0 Å². The van der Waals surface area contributed by atoms with Gasteiger partial charge in [-0.2, -0.15) is 0 Å². The molecule has 0 aliphatic carbocycles. The fourth-order valence-electron chi connectivity index (χ4n) is 1.66. The number of carbonyl (C=O) groups excluding carboxylic acids is 1. The van der Waals surface area contributed by atoms with Gasteiger partial charge in [-0.05, 0) is 19.8 Å².